The highest BCUT2D eigenvalue weighted by Gasteiger charge is 2.34. The minimum atomic E-state index is -4.51. The van der Waals surface area contributed by atoms with Gasteiger partial charge in [0.1, 0.15) is 0 Å². The Bertz CT molecular complexity index is 567. The smallest absolute Gasteiger partial charge is 0.382 e. The molecule has 1 aromatic rings. The first-order chi connectivity index (χ1) is 10.8. The first-order valence-electron chi connectivity index (χ1n) is 7.90. The molecule has 0 spiro atoms. The number of benzene rings is 1. The number of rotatable bonds is 4. The number of alkyl halides is 3. The predicted octanol–water partition coefficient (Wildman–Crippen LogP) is 4.11. The third kappa shape index (κ3) is 4.87. The summed E-state index contributed by atoms with van der Waals surface area (Å²) < 4.78 is 38.9. The molecule has 0 atom stereocenters. The van der Waals surface area contributed by atoms with Crippen LogP contribution >= 0.6 is 0 Å². The fraction of sp³-hybridized carbons (Fsp3) is 0.588. The van der Waals surface area contributed by atoms with Crippen LogP contribution in [0.2, 0.25) is 0 Å². The third-order valence-electron chi connectivity index (χ3n) is 4.03. The van der Waals surface area contributed by atoms with Gasteiger partial charge in [0.2, 0.25) is 0 Å². The Morgan fingerprint density at radius 1 is 1.30 bits per heavy atom. The molecule has 23 heavy (non-hydrogen) atoms. The van der Waals surface area contributed by atoms with E-state index in [2.05, 4.69) is 24.1 Å². The van der Waals surface area contributed by atoms with Gasteiger partial charge in [0, 0.05) is 31.4 Å². The van der Waals surface area contributed by atoms with Crippen LogP contribution in [0, 0.1) is 17.2 Å². The average Bonchev–Trinajstić information content (AvgIpc) is 2.48. The zero-order chi connectivity index (χ0) is 17.0. The summed E-state index contributed by atoms with van der Waals surface area (Å²) in [6.07, 6.45) is -2.69. The summed E-state index contributed by atoms with van der Waals surface area (Å²) in [7, 11) is 0. The van der Waals surface area contributed by atoms with E-state index >= 15 is 0 Å². The van der Waals surface area contributed by atoms with Crippen molar-refractivity contribution in [1.82, 2.24) is 4.90 Å². The molecule has 0 aromatic heterocycles. The number of piperidine rings is 1. The summed E-state index contributed by atoms with van der Waals surface area (Å²) in [5.74, 6) is 0.618. The number of halogens is 3. The third-order valence-corrected chi connectivity index (χ3v) is 4.03. The van der Waals surface area contributed by atoms with Gasteiger partial charge in [-0.15, -0.1) is 0 Å². The second-order valence-electron chi connectivity index (χ2n) is 6.48. The van der Waals surface area contributed by atoms with Crippen molar-refractivity contribution in [3.63, 3.8) is 0 Å². The van der Waals surface area contributed by atoms with Gasteiger partial charge in [-0.3, -0.25) is 0 Å². The van der Waals surface area contributed by atoms with Crippen molar-refractivity contribution < 1.29 is 13.2 Å². The van der Waals surface area contributed by atoms with Crippen LogP contribution < -0.4 is 5.32 Å². The SMILES string of the molecule is CC(C)CN1CCC(Nc2ccc(C#N)c(C(F)(F)F)c2)CC1. The van der Waals surface area contributed by atoms with Gasteiger partial charge in [0.15, 0.2) is 0 Å². The highest BCUT2D eigenvalue weighted by atomic mass is 19.4. The fourth-order valence-corrected chi connectivity index (χ4v) is 2.98. The molecule has 1 N–H and O–H groups in total. The van der Waals surface area contributed by atoms with E-state index in [1.807, 2.05) is 0 Å². The summed E-state index contributed by atoms with van der Waals surface area (Å²) in [5.41, 5.74) is -0.782. The molecule has 126 valence electrons. The van der Waals surface area contributed by atoms with Crippen LogP contribution in [0.1, 0.15) is 37.8 Å². The molecule has 1 aliphatic heterocycles. The summed E-state index contributed by atoms with van der Waals surface area (Å²) >= 11 is 0. The maximum absolute atomic E-state index is 13.0. The maximum Gasteiger partial charge on any atom is 0.417 e. The van der Waals surface area contributed by atoms with Crippen LogP contribution in [0.5, 0.6) is 0 Å². The van der Waals surface area contributed by atoms with E-state index in [4.69, 9.17) is 5.26 Å². The summed E-state index contributed by atoms with van der Waals surface area (Å²) in [4.78, 5) is 2.39. The molecule has 1 heterocycles. The van der Waals surface area contributed by atoms with Crippen molar-refractivity contribution in [2.75, 3.05) is 25.0 Å². The molecule has 0 saturated carbocycles. The Morgan fingerprint density at radius 3 is 2.48 bits per heavy atom. The van der Waals surface area contributed by atoms with Crippen molar-refractivity contribution in [3.05, 3.63) is 29.3 Å². The van der Waals surface area contributed by atoms with Gasteiger partial charge in [-0.2, -0.15) is 18.4 Å². The zero-order valence-corrected chi connectivity index (χ0v) is 13.5. The van der Waals surface area contributed by atoms with Crippen LogP contribution in [0.3, 0.4) is 0 Å². The number of likely N-dealkylation sites (tertiary alicyclic amines) is 1. The van der Waals surface area contributed by atoms with Crippen LogP contribution in [0.15, 0.2) is 18.2 Å². The van der Waals surface area contributed by atoms with Gasteiger partial charge in [0.25, 0.3) is 0 Å². The van der Waals surface area contributed by atoms with Crippen LogP contribution in [0.25, 0.3) is 0 Å². The Hall–Kier alpha value is -1.74. The molecule has 3 nitrogen and oxygen atoms in total. The van der Waals surface area contributed by atoms with Gasteiger partial charge in [-0.25, -0.2) is 0 Å². The second kappa shape index (κ2) is 7.22. The quantitative estimate of drug-likeness (QED) is 0.905. The van der Waals surface area contributed by atoms with Crippen molar-refractivity contribution in [2.45, 2.75) is 38.9 Å². The molecule has 0 amide bonds. The number of hydrogen-bond acceptors (Lipinski definition) is 3. The van der Waals surface area contributed by atoms with Crippen molar-refractivity contribution in [3.8, 4) is 6.07 Å². The van der Waals surface area contributed by atoms with E-state index in [1.54, 1.807) is 12.1 Å². The largest absolute Gasteiger partial charge is 0.417 e. The van der Waals surface area contributed by atoms with Crippen LogP contribution in [-0.2, 0) is 6.18 Å². The molecule has 1 aliphatic rings. The lowest BCUT2D eigenvalue weighted by Crippen LogP contribution is -2.40. The summed E-state index contributed by atoms with van der Waals surface area (Å²) in [6.45, 7) is 7.33. The molecule has 1 aromatic carbocycles. The van der Waals surface area contributed by atoms with E-state index in [-0.39, 0.29) is 11.6 Å². The summed E-state index contributed by atoms with van der Waals surface area (Å²) in [5, 5.41) is 12.0. The van der Waals surface area contributed by atoms with Crippen molar-refractivity contribution in [2.24, 2.45) is 5.92 Å². The van der Waals surface area contributed by atoms with Gasteiger partial charge in [-0.05, 0) is 37.0 Å². The number of nitriles is 1. The number of anilines is 1. The van der Waals surface area contributed by atoms with Crippen LogP contribution in [-0.4, -0.2) is 30.6 Å². The molecule has 1 saturated heterocycles. The fourth-order valence-electron chi connectivity index (χ4n) is 2.98. The topological polar surface area (TPSA) is 39.1 Å². The monoisotopic (exact) mass is 325 g/mol. The van der Waals surface area contributed by atoms with E-state index < -0.39 is 11.7 Å². The Morgan fingerprint density at radius 2 is 1.96 bits per heavy atom. The highest BCUT2D eigenvalue weighted by Crippen LogP contribution is 2.34. The minimum Gasteiger partial charge on any atom is -0.382 e. The number of nitrogens with zero attached hydrogens (tertiary/aromatic N) is 2. The van der Waals surface area contributed by atoms with Gasteiger partial charge >= 0.3 is 6.18 Å². The van der Waals surface area contributed by atoms with Crippen LogP contribution in [0.4, 0.5) is 18.9 Å². The first-order valence-corrected chi connectivity index (χ1v) is 7.90. The van der Waals surface area contributed by atoms with Gasteiger partial charge in [0.05, 0.1) is 17.2 Å². The van der Waals surface area contributed by atoms with Gasteiger partial charge in [-0.1, -0.05) is 13.8 Å². The Kier molecular flexibility index (Phi) is 5.53. The molecule has 0 radical (unpaired) electrons. The lowest BCUT2D eigenvalue weighted by Gasteiger charge is -2.33. The summed E-state index contributed by atoms with van der Waals surface area (Å²) in [6, 6.07) is 5.60. The molecular formula is C17H22F3N3. The second-order valence-corrected chi connectivity index (χ2v) is 6.48. The minimum absolute atomic E-state index is 0.174. The molecule has 0 unspecified atom stereocenters. The Balaban J connectivity index is 2.01. The zero-order valence-electron chi connectivity index (χ0n) is 13.5. The molecule has 0 aliphatic carbocycles. The standard InChI is InChI=1S/C17H22F3N3/c1-12(2)11-23-7-5-14(6-8-23)22-15-4-3-13(10-21)16(9-15)17(18,19)20/h3-4,9,12,14,22H,5-8,11H2,1-2H3. The lowest BCUT2D eigenvalue weighted by molar-refractivity contribution is -0.137. The Labute approximate surface area is 135 Å². The van der Waals surface area contributed by atoms with E-state index in [9.17, 15) is 13.2 Å². The molecule has 1 fully saturated rings. The normalized spacial score (nSPS) is 17.3. The molecule has 0 bridgehead atoms. The van der Waals surface area contributed by atoms with E-state index in [0.29, 0.717) is 11.6 Å². The van der Waals surface area contributed by atoms with E-state index in [0.717, 1.165) is 38.5 Å². The van der Waals surface area contributed by atoms with Crippen molar-refractivity contribution in [1.29, 1.82) is 5.26 Å². The van der Waals surface area contributed by atoms with Gasteiger partial charge < -0.3 is 10.2 Å². The molecule has 2 rings (SSSR count). The number of nitrogens with one attached hydrogen (secondary N) is 1. The predicted molar refractivity (Wildman–Crippen MR) is 84.1 cm³/mol. The number of hydrogen-bond donors (Lipinski definition) is 1. The molecule has 6 heteroatoms. The van der Waals surface area contributed by atoms with Crippen molar-refractivity contribution >= 4 is 5.69 Å². The van der Waals surface area contributed by atoms with E-state index in [1.165, 1.54) is 6.07 Å². The first kappa shape index (κ1) is 17.6. The molecular weight excluding hydrogens is 303 g/mol. The lowest BCUT2D eigenvalue weighted by atomic mass is 10.0. The highest BCUT2D eigenvalue weighted by molar-refractivity contribution is 5.53. The maximum atomic E-state index is 13.0. The average molecular weight is 325 g/mol.